The molecular formula is C16H16F2N2O. The Morgan fingerprint density at radius 3 is 2.48 bits per heavy atom. The molecule has 0 aliphatic heterocycles. The summed E-state index contributed by atoms with van der Waals surface area (Å²) in [5.74, 6) is -2.34. The maximum absolute atomic E-state index is 13.9. The lowest BCUT2D eigenvalue weighted by Gasteiger charge is -2.23. The van der Waals surface area contributed by atoms with Gasteiger partial charge in [-0.15, -0.1) is 0 Å². The molecular weight excluding hydrogens is 274 g/mol. The van der Waals surface area contributed by atoms with E-state index in [-0.39, 0.29) is 11.3 Å². The largest absolute Gasteiger partial charge is 0.396 e. The molecule has 2 rings (SSSR count). The molecule has 1 amide bonds. The van der Waals surface area contributed by atoms with Gasteiger partial charge < -0.3 is 10.6 Å². The highest BCUT2D eigenvalue weighted by molar-refractivity contribution is 6.07. The fourth-order valence-corrected chi connectivity index (χ4v) is 2.16. The van der Waals surface area contributed by atoms with Gasteiger partial charge in [0, 0.05) is 18.3 Å². The zero-order valence-corrected chi connectivity index (χ0v) is 11.9. The Bertz CT molecular complexity index is 686. The van der Waals surface area contributed by atoms with E-state index >= 15 is 0 Å². The zero-order chi connectivity index (χ0) is 15.6. The molecule has 0 bridgehead atoms. The molecule has 0 spiro atoms. The highest BCUT2D eigenvalue weighted by atomic mass is 19.1. The van der Waals surface area contributed by atoms with Gasteiger partial charge in [0.05, 0.1) is 11.3 Å². The average Bonchev–Trinajstić information content (AvgIpc) is 2.45. The number of rotatable bonds is 3. The number of amides is 1. The molecule has 0 fully saturated rings. The minimum Gasteiger partial charge on any atom is -0.396 e. The summed E-state index contributed by atoms with van der Waals surface area (Å²) in [7, 11) is 0. The number of nitrogens with two attached hydrogens (primary N) is 1. The number of carbonyl (C=O) groups excluding carboxylic acids is 1. The highest BCUT2D eigenvalue weighted by Gasteiger charge is 2.22. The summed E-state index contributed by atoms with van der Waals surface area (Å²) in [6, 6.07) is 8.96. The van der Waals surface area contributed by atoms with Gasteiger partial charge >= 0.3 is 0 Å². The number of nitrogen functional groups attached to an aromatic ring is 1. The van der Waals surface area contributed by atoms with Crippen molar-refractivity contribution in [3.05, 3.63) is 59.2 Å². The molecule has 2 N–H and O–H groups in total. The van der Waals surface area contributed by atoms with Crippen molar-refractivity contribution in [3.63, 3.8) is 0 Å². The fraction of sp³-hybridized carbons (Fsp3) is 0.188. The van der Waals surface area contributed by atoms with Crippen molar-refractivity contribution in [1.82, 2.24) is 0 Å². The van der Waals surface area contributed by atoms with Gasteiger partial charge in [-0.25, -0.2) is 8.78 Å². The van der Waals surface area contributed by atoms with Gasteiger partial charge in [0.1, 0.15) is 11.6 Å². The first kappa shape index (κ1) is 15.0. The molecule has 0 saturated heterocycles. The van der Waals surface area contributed by atoms with Gasteiger partial charge in [-0.2, -0.15) is 0 Å². The van der Waals surface area contributed by atoms with Gasteiger partial charge in [0.25, 0.3) is 5.91 Å². The van der Waals surface area contributed by atoms with Gasteiger partial charge in [-0.1, -0.05) is 18.2 Å². The lowest BCUT2D eigenvalue weighted by atomic mass is 10.1. The predicted octanol–water partition coefficient (Wildman–Crippen LogP) is 3.52. The number of benzene rings is 2. The van der Waals surface area contributed by atoms with Crippen molar-refractivity contribution in [3.8, 4) is 0 Å². The third kappa shape index (κ3) is 2.86. The number of halogens is 2. The molecule has 0 unspecified atom stereocenters. The van der Waals surface area contributed by atoms with Gasteiger partial charge in [-0.05, 0) is 31.5 Å². The number of para-hydroxylation sites is 1. The Labute approximate surface area is 122 Å². The first-order valence-electron chi connectivity index (χ1n) is 6.57. The summed E-state index contributed by atoms with van der Waals surface area (Å²) < 4.78 is 27.1. The zero-order valence-electron chi connectivity index (χ0n) is 11.9. The summed E-state index contributed by atoms with van der Waals surface area (Å²) in [6.07, 6.45) is 0. The van der Waals surface area contributed by atoms with Crippen LogP contribution in [0.5, 0.6) is 0 Å². The van der Waals surface area contributed by atoms with Crippen LogP contribution in [0.25, 0.3) is 0 Å². The second-order valence-electron chi connectivity index (χ2n) is 4.69. The topological polar surface area (TPSA) is 46.3 Å². The Morgan fingerprint density at radius 2 is 1.86 bits per heavy atom. The Morgan fingerprint density at radius 1 is 1.19 bits per heavy atom. The number of aryl methyl sites for hydroxylation is 1. The van der Waals surface area contributed by atoms with Crippen molar-refractivity contribution >= 4 is 17.3 Å². The quantitative estimate of drug-likeness (QED) is 0.879. The second-order valence-corrected chi connectivity index (χ2v) is 4.69. The van der Waals surface area contributed by atoms with Crippen LogP contribution in [0.4, 0.5) is 20.2 Å². The van der Waals surface area contributed by atoms with E-state index < -0.39 is 17.5 Å². The summed E-state index contributed by atoms with van der Waals surface area (Å²) in [4.78, 5) is 14.0. The van der Waals surface area contributed by atoms with E-state index in [4.69, 9.17) is 5.73 Å². The fourth-order valence-electron chi connectivity index (χ4n) is 2.16. The van der Waals surface area contributed by atoms with Crippen molar-refractivity contribution in [1.29, 1.82) is 0 Å². The third-order valence-corrected chi connectivity index (χ3v) is 3.28. The lowest BCUT2D eigenvalue weighted by molar-refractivity contribution is 0.0984. The van der Waals surface area contributed by atoms with Crippen LogP contribution in [-0.4, -0.2) is 12.5 Å². The molecule has 21 heavy (non-hydrogen) atoms. The van der Waals surface area contributed by atoms with E-state index in [2.05, 4.69) is 0 Å². The molecule has 0 radical (unpaired) electrons. The monoisotopic (exact) mass is 290 g/mol. The number of hydrogen-bond donors (Lipinski definition) is 1. The molecule has 0 aliphatic rings. The molecule has 2 aromatic rings. The maximum Gasteiger partial charge on any atom is 0.261 e. The first-order valence-corrected chi connectivity index (χ1v) is 6.57. The lowest BCUT2D eigenvalue weighted by Crippen LogP contribution is -2.32. The van der Waals surface area contributed by atoms with E-state index in [0.29, 0.717) is 18.3 Å². The van der Waals surface area contributed by atoms with Crippen molar-refractivity contribution in [2.24, 2.45) is 0 Å². The molecule has 0 atom stereocenters. The summed E-state index contributed by atoms with van der Waals surface area (Å²) in [5.41, 5.74) is 6.52. The average molecular weight is 290 g/mol. The number of anilines is 2. The van der Waals surface area contributed by atoms with Gasteiger partial charge in [0.2, 0.25) is 0 Å². The first-order chi connectivity index (χ1) is 9.95. The van der Waals surface area contributed by atoms with Crippen LogP contribution in [0.15, 0.2) is 36.4 Å². The van der Waals surface area contributed by atoms with E-state index in [1.165, 1.54) is 4.90 Å². The van der Waals surface area contributed by atoms with Crippen molar-refractivity contribution in [2.75, 3.05) is 17.2 Å². The standard InChI is InChI=1S/C16H16F2N2O/c1-3-20(15-7-5-4-6-10(15)2)16(21)11-8-14(19)13(18)9-12(11)17/h4-9H,3,19H2,1-2H3. The number of nitrogens with zero attached hydrogens (tertiary/aromatic N) is 1. The maximum atomic E-state index is 13.9. The SMILES string of the molecule is CCN(C(=O)c1cc(N)c(F)cc1F)c1ccccc1C. The molecule has 0 aliphatic carbocycles. The van der Waals surface area contributed by atoms with Crippen molar-refractivity contribution in [2.45, 2.75) is 13.8 Å². The Kier molecular flexibility index (Phi) is 4.21. The van der Waals surface area contributed by atoms with Crippen LogP contribution >= 0.6 is 0 Å². The van der Waals surface area contributed by atoms with Crippen LogP contribution < -0.4 is 10.6 Å². The number of hydrogen-bond acceptors (Lipinski definition) is 2. The second kappa shape index (κ2) is 5.91. The van der Waals surface area contributed by atoms with Crippen LogP contribution in [0, 0.1) is 18.6 Å². The molecule has 3 nitrogen and oxygen atoms in total. The van der Waals surface area contributed by atoms with Crippen LogP contribution in [0.3, 0.4) is 0 Å². The van der Waals surface area contributed by atoms with Crippen molar-refractivity contribution < 1.29 is 13.6 Å². The highest BCUT2D eigenvalue weighted by Crippen LogP contribution is 2.24. The van der Waals surface area contributed by atoms with E-state index in [1.807, 2.05) is 19.1 Å². The third-order valence-electron chi connectivity index (χ3n) is 3.28. The van der Waals surface area contributed by atoms with Crippen LogP contribution in [-0.2, 0) is 0 Å². The molecule has 0 saturated carbocycles. The molecule has 110 valence electrons. The minimum atomic E-state index is -0.918. The van der Waals surface area contributed by atoms with Crippen LogP contribution in [0.1, 0.15) is 22.8 Å². The van der Waals surface area contributed by atoms with E-state index in [9.17, 15) is 13.6 Å². The summed E-state index contributed by atoms with van der Waals surface area (Å²) >= 11 is 0. The van der Waals surface area contributed by atoms with Gasteiger partial charge in [0.15, 0.2) is 0 Å². The van der Waals surface area contributed by atoms with Crippen LogP contribution in [0.2, 0.25) is 0 Å². The molecule has 2 aromatic carbocycles. The predicted molar refractivity (Wildman–Crippen MR) is 79.3 cm³/mol. The van der Waals surface area contributed by atoms with E-state index in [1.54, 1.807) is 19.1 Å². The van der Waals surface area contributed by atoms with E-state index in [0.717, 1.165) is 11.6 Å². The smallest absolute Gasteiger partial charge is 0.261 e. The minimum absolute atomic E-state index is 0.237. The van der Waals surface area contributed by atoms with Gasteiger partial charge in [-0.3, -0.25) is 4.79 Å². The molecule has 0 heterocycles. The normalized spacial score (nSPS) is 10.5. The molecule has 0 aromatic heterocycles. The number of carbonyl (C=O) groups is 1. The Balaban J connectivity index is 2.47. The summed E-state index contributed by atoms with van der Waals surface area (Å²) in [5, 5.41) is 0. The summed E-state index contributed by atoms with van der Waals surface area (Å²) in [6.45, 7) is 4.01. The Hall–Kier alpha value is -2.43. The molecule has 5 heteroatoms.